The molecule has 1 heterocycles. The van der Waals surface area contributed by atoms with E-state index >= 15 is 0 Å². The summed E-state index contributed by atoms with van der Waals surface area (Å²) in [7, 11) is 0. The standard InChI is InChI=1S/C13H11ClO2S/c1-9(16-10-5-3-2-4-6-10)13(15)11-7-8-12(14)17-11/h2-9H,1H3. The van der Waals surface area contributed by atoms with Gasteiger partial charge in [-0.05, 0) is 31.2 Å². The Bertz CT molecular complexity index is 507. The van der Waals surface area contributed by atoms with Gasteiger partial charge < -0.3 is 4.74 Å². The maximum Gasteiger partial charge on any atom is 0.212 e. The van der Waals surface area contributed by atoms with Gasteiger partial charge in [0.2, 0.25) is 5.78 Å². The molecule has 0 N–H and O–H groups in total. The number of rotatable bonds is 4. The molecule has 0 aliphatic heterocycles. The summed E-state index contributed by atoms with van der Waals surface area (Å²) in [5, 5.41) is 0. The fourth-order valence-corrected chi connectivity index (χ4v) is 2.46. The first-order valence-electron chi connectivity index (χ1n) is 5.18. The second-order valence-electron chi connectivity index (χ2n) is 3.54. The average molecular weight is 267 g/mol. The number of ether oxygens (including phenoxy) is 1. The van der Waals surface area contributed by atoms with Crippen LogP contribution in [0.3, 0.4) is 0 Å². The summed E-state index contributed by atoms with van der Waals surface area (Å²) in [4.78, 5) is 12.6. The zero-order valence-corrected chi connectivity index (χ0v) is 10.8. The molecular formula is C13H11ClO2S. The molecule has 0 bridgehead atoms. The quantitative estimate of drug-likeness (QED) is 0.781. The fraction of sp³-hybridized carbons (Fsp3) is 0.154. The van der Waals surface area contributed by atoms with Gasteiger partial charge in [-0.25, -0.2) is 0 Å². The third-order valence-electron chi connectivity index (χ3n) is 2.24. The molecule has 0 saturated heterocycles. The van der Waals surface area contributed by atoms with Crippen molar-refractivity contribution in [2.75, 3.05) is 0 Å². The first-order chi connectivity index (χ1) is 8.16. The average Bonchev–Trinajstić information content (AvgIpc) is 2.76. The highest BCUT2D eigenvalue weighted by atomic mass is 35.5. The molecule has 2 aromatic rings. The number of Topliss-reactive ketones (excluding diaryl/α,β-unsaturated/α-hetero) is 1. The highest BCUT2D eigenvalue weighted by Gasteiger charge is 2.18. The zero-order valence-electron chi connectivity index (χ0n) is 9.22. The molecule has 0 amide bonds. The van der Waals surface area contributed by atoms with Gasteiger partial charge in [-0.2, -0.15) is 0 Å². The van der Waals surface area contributed by atoms with E-state index in [-0.39, 0.29) is 5.78 Å². The van der Waals surface area contributed by atoms with Crippen LogP contribution in [0.2, 0.25) is 4.34 Å². The van der Waals surface area contributed by atoms with Crippen LogP contribution in [0.15, 0.2) is 42.5 Å². The minimum absolute atomic E-state index is 0.0502. The molecule has 0 saturated carbocycles. The van der Waals surface area contributed by atoms with Crippen LogP contribution in [0, 0.1) is 0 Å². The van der Waals surface area contributed by atoms with Gasteiger partial charge in [0.05, 0.1) is 9.21 Å². The summed E-state index contributed by atoms with van der Waals surface area (Å²) < 4.78 is 6.17. The Morgan fingerprint density at radius 2 is 1.94 bits per heavy atom. The normalized spacial score (nSPS) is 12.1. The second kappa shape index (κ2) is 5.34. The summed E-state index contributed by atoms with van der Waals surface area (Å²) in [5.74, 6) is 0.641. The third-order valence-corrected chi connectivity index (χ3v) is 3.49. The summed E-state index contributed by atoms with van der Waals surface area (Å²) >= 11 is 7.07. The van der Waals surface area contributed by atoms with E-state index in [4.69, 9.17) is 16.3 Å². The number of thiophene rings is 1. The Morgan fingerprint density at radius 1 is 1.24 bits per heavy atom. The Kier molecular flexibility index (Phi) is 3.82. The van der Waals surface area contributed by atoms with E-state index in [0.717, 1.165) is 0 Å². The van der Waals surface area contributed by atoms with Crippen molar-refractivity contribution < 1.29 is 9.53 Å². The molecule has 2 nitrogen and oxygen atoms in total. The van der Waals surface area contributed by atoms with E-state index in [2.05, 4.69) is 0 Å². The van der Waals surface area contributed by atoms with Crippen LogP contribution < -0.4 is 4.74 Å². The van der Waals surface area contributed by atoms with E-state index in [1.165, 1.54) is 11.3 Å². The van der Waals surface area contributed by atoms with Gasteiger partial charge in [0.1, 0.15) is 5.75 Å². The second-order valence-corrected chi connectivity index (χ2v) is 5.26. The maximum absolute atomic E-state index is 12.0. The Balaban J connectivity index is 2.06. The van der Waals surface area contributed by atoms with Crippen LogP contribution in [0.4, 0.5) is 0 Å². The van der Waals surface area contributed by atoms with Crippen molar-refractivity contribution >= 4 is 28.7 Å². The van der Waals surface area contributed by atoms with E-state index in [1.54, 1.807) is 19.1 Å². The Morgan fingerprint density at radius 3 is 2.53 bits per heavy atom. The number of para-hydroxylation sites is 1. The number of hydrogen-bond acceptors (Lipinski definition) is 3. The summed E-state index contributed by atoms with van der Waals surface area (Å²) in [6.45, 7) is 1.74. The minimum atomic E-state index is -0.507. The lowest BCUT2D eigenvalue weighted by molar-refractivity contribution is 0.0822. The van der Waals surface area contributed by atoms with Crippen molar-refractivity contribution in [3.8, 4) is 5.75 Å². The van der Waals surface area contributed by atoms with Crippen LogP contribution in [0.25, 0.3) is 0 Å². The predicted molar refractivity (Wildman–Crippen MR) is 70.2 cm³/mol. The van der Waals surface area contributed by atoms with Crippen LogP contribution in [0.5, 0.6) is 5.75 Å². The maximum atomic E-state index is 12.0. The predicted octanol–water partition coefficient (Wildman–Crippen LogP) is 4.05. The van der Waals surface area contributed by atoms with Gasteiger partial charge in [-0.15, -0.1) is 11.3 Å². The van der Waals surface area contributed by atoms with Crippen molar-refractivity contribution in [2.45, 2.75) is 13.0 Å². The third kappa shape index (κ3) is 3.08. The molecule has 2 rings (SSSR count). The summed E-state index contributed by atoms with van der Waals surface area (Å²) in [6.07, 6.45) is -0.507. The first-order valence-corrected chi connectivity index (χ1v) is 6.37. The molecule has 1 atom stereocenters. The molecule has 4 heteroatoms. The highest BCUT2D eigenvalue weighted by Crippen LogP contribution is 2.23. The van der Waals surface area contributed by atoms with Gasteiger partial charge in [-0.3, -0.25) is 4.79 Å². The SMILES string of the molecule is CC(Oc1ccccc1)C(=O)c1ccc(Cl)s1. The van der Waals surface area contributed by atoms with Gasteiger partial charge >= 0.3 is 0 Å². The van der Waals surface area contributed by atoms with E-state index in [0.29, 0.717) is 15.0 Å². The number of carbonyl (C=O) groups is 1. The van der Waals surface area contributed by atoms with Crippen molar-refractivity contribution in [1.82, 2.24) is 0 Å². The van der Waals surface area contributed by atoms with Gasteiger partial charge in [0.15, 0.2) is 6.10 Å². The van der Waals surface area contributed by atoms with Gasteiger partial charge in [0.25, 0.3) is 0 Å². The fourth-order valence-electron chi connectivity index (χ4n) is 1.40. The lowest BCUT2D eigenvalue weighted by Gasteiger charge is -2.12. The molecule has 0 radical (unpaired) electrons. The smallest absolute Gasteiger partial charge is 0.212 e. The molecule has 88 valence electrons. The molecule has 1 unspecified atom stereocenters. The van der Waals surface area contributed by atoms with Gasteiger partial charge in [-0.1, -0.05) is 29.8 Å². The number of benzene rings is 1. The molecule has 0 aliphatic rings. The number of halogens is 1. The molecule has 17 heavy (non-hydrogen) atoms. The Hall–Kier alpha value is -1.32. The van der Waals surface area contributed by atoms with E-state index in [9.17, 15) is 4.79 Å². The minimum Gasteiger partial charge on any atom is -0.483 e. The van der Waals surface area contributed by atoms with Crippen molar-refractivity contribution in [3.05, 3.63) is 51.7 Å². The van der Waals surface area contributed by atoms with Crippen LogP contribution >= 0.6 is 22.9 Å². The van der Waals surface area contributed by atoms with Crippen LogP contribution in [-0.2, 0) is 0 Å². The zero-order chi connectivity index (χ0) is 12.3. The van der Waals surface area contributed by atoms with Crippen molar-refractivity contribution in [2.24, 2.45) is 0 Å². The molecule has 0 aliphatic carbocycles. The number of carbonyl (C=O) groups excluding carboxylic acids is 1. The van der Waals surface area contributed by atoms with Crippen molar-refractivity contribution in [1.29, 1.82) is 0 Å². The highest BCUT2D eigenvalue weighted by molar-refractivity contribution is 7.18. The Labute approximate surface area is 109 Å². The van der Waals surface area contributed by atoms with E-state index in [1.807, 2.05) is 30.3 Å². The first kappa shape index (κ1) is 12.1. The molecule has 1 aromatic heterocycles. The van der Waals surface area contributed by atoms with Crippen LogP contribution in [0.1, 0.15) is 16.6 Å². The number of hydrogen-bond donors (Lipinski definition) is 0. The molecule has 0 fully saturated rings. The topological polar surface area (TPSA) is 26.3 Å². The van der Waals surface area contributed by atoms with Gasteiger partial charge in [0, 0.05) is 0 Å². The van der Waals surface area contributed by atoms with Crippen LogP contribution in [-0.4, -0.2) is 11.9 Å². The molecule has 1 aromatic carbocycles. The lowest BCUT2D eigenvalue weighted by atomic mass is 10.2. The molecule has 0 spiro atoms. The summed E-state index contributed by atoms with van der Waals surface area (Å²) in [5.41, 5.74) is 0. The summed E-state index contributed by atoms with van der Waals surface area (Å²) in [6, 6.07) is 12.7. The monoisotopic (exact) mass is 266 g/mol. The van der Waals surface area contributed by atoms with Crippen molar-refractivity contribution in [3.63, 3.8) is 0 Å². The molecular weight excluding hydrogens is 256 g/mol. The van der Waals surface area contributed by atoms with E-state index < -0.39 is 6.10 Å². The number of ketones is 1. The largest absolute Gasteiger partial charge is 0.483 e. The lowest BCUT2D eigenvalue weighted by Crippen LogP contribution is -2.22.